The Kier molecular flexibility index (Phi) is 4.74. The van der Waals surface area contributed by atoms with E-state index in [1.165, 1.54) is 17.6 Å². The molecule has 0 aliphatic carbocycles. The lowest BCUT2D eigenvalue weighted by Crippen LogP contribution is -2.01. The van der Waals surface area contributed by atoms with Gasteiger partial charge in [-0.1, -0.05) is 39.4 Å². The van der Waals surface area contributed by atoms with E-state index in [2.05, 4.69) is 31.4 Å². The standard InChI is InChI=1S/C19H12BrN3O3S/c20-13-5-6-16-12(7-13)8-14(18(25)26-16)17-10-21-19(27-17)23-22-9-11-3-1-2-4-15(11)24/h1-10,24H,(H,21,23)/b22-9+. The number of hydrazone groups is 1. The number of phenols is 1. The van der Waals surface area contributed by atoms with Crippen molar-refractivity contribution >= 4 is 49.6 Å². The third-order valence-electron chi connectivity index (χ3n) is 3.77. The van der Waals surface area contributed by atoms with Crippen LogP contribution in [0.1, 0.15) is 5.56 Å². The molecule has 0 aliphatic heterocycles. The lowest BCUT2D eigenvalue weighted by Gasteiger charge is -2.00. The predicted octanol–water partition coefficient (Wildman–Crippen LogP) is 4.83. The molecule has 0 amide bonds. The number of phenolic OH excluding ortho intramolecular Hbond substituents is 1. The highest BCUT2D eigenvalue weighted by atomic mass is 79.9. The number of aromatic hydroxyl groups is 1. The molecule has 0 bridgehead atoms. The highest BCUT2D eigenvalue weighted by Crippen LogP contribution is 2.29. The first kappa shape index (κ1) is 17.4. The van der Waals surface area contributed by atoms with E-state index in [0.29, 0.717) is 26.7 Å². The van der Waals surface area contributed by atoms with Gasteiger partial charge in [0.2, 0.25) is 5.13 Å². The van der Waals surface area contributed by atoms with E-state index in [1.807, 2.05) is 12.1 Å². The normalized spacial score (nSPS) is 11.3. The average molecular weight is 442 g/mol. The molecule has 4 aromatic rings. The Labute approximate surface area is 165 Å². The van der Waals surface area contributed by atoms with Crippen LogP contribution in [0.2, 0.25) is 0 Å². The molecule has 0 saturated heterocycles. The second-order valence-corrected chi connectivity index (χ2v) is 7.53. The SMILES string of the molecule is O=c1oc2ccc(Br)cc2cc1-c1cnc(N/N=C/c2ccccc2O)s1. The van der Waals surface area contributed by atoms with Crippen molar-refractivity contribution in [1.82, 2.24) is 4.98 Å². The fourth-order valence-corrected chi connectivity index (χ4v) is 3.62. The quantitative estimate of drug-likeness (QED) is 0.269. The van der Waals surface area contributed by atoms with Crippen LogP contribution in [0.15, 0.2) is 73.5 Å². The second-order valence-electron chi connectivity index (χ2n) is 5.59. The topological polar surface area (TPSA) is 87.7 Å². The Morgan fingerprint density at radius 3 is 2.93 bits per heavy atom. The molecule has 6 nitrogen and oxygen atoms in total. The molecule has 0 saturated carbocycles. The molecule has 8 heteroatoms. The van der Waals surface area contributed by atoms with E-state index >= 15 is 0 Å². The highest BCUT2D eigenvalue weighted by molar-refractivity contribution is 9.10. The van der Waals surface area contributed by atoms with Gasteiger partial charge in [-0.25, -0.2) is 9.78 Å². The summed E-state index contributed by atoms with van der Waals surface area (Å²) in [5.74, 6) is 0.141. The molecule has 0 radical (unpaired) electrons. The number of hydrogen-bond donors (Lipinski definition) is 2. The summed E-state index contributed by atoms with van der Waals surface area (Å²) in [7, 11) is 0. The first-order chi connectivity index (χ1) is 13.1. The zero-order chi connectivity index (χ0) is 18.8. The van der Waals surface area contributed by atoms with Gasteiger partial charge in [0.15, 0.2) is 0 Å². The molecular weight excluding hydrogens is 430 g/mol. The molecule has 2 N–H and O–H groups in total. The van der Waals surface area contributed by atoms with E-state index < -0.39 is 5.63 Å². The van der Waals surface area contributed by atoms with Crippen molar-refractivity contribution in [2.75, 3.05) is 5.43 Å². The molecule has 0 fully saturated rings. The van der Waals surface area contributed by atoms with Gasteiger partial charge in [-0.15, -0.1) is 0 Å². The molecule has 0 aliphatic rings. The average Bonchev–Trinajstić information content (AvgIpc) is 3.12. The number of halogens is 1. The minimum absolute atomic E-state index is 0.141. The van der Waals surface area contributed by atoms with Crippen LogP contribution in [0, 0.1) is 0 Å². The summed E-state index contributed by atoms with van der Waals surface area (Å²) in [6, 6.07) is 14.1. The van der Waals surface area contributed by atoms with E-state index in [1.54, 1.807) is 42.6 Å². The number of benzene rings is 2. The van der Waals surface area contributed by atoms with Gasteiger partial charge in [0.05, 0.1) is 16.7 Å². The van der Waals surface area contributed by atoms with Gasteiger partial charge in [0.25, 0.3) is 0 Å². The monoisotopic (exact) mass is 441 g/mol. The summed E-state index contributed by atoms with van der Waals surface area (Å²) < 4.78 is 6.29. The Bertz CT molecular complexity index is 1220. The number of anilines is 1. The Morgan fingerprint density at radius 2 is 2.07 bits per heavy atom. The number of rotatable bonds is 4. The van der Waals surface area contributed by atoms with Crippen LogP contribution in [0.25, 0.3) is 21.4 Å². The summed E-state index contributed by atoms with van der Waals surface area (Å²) in [6.45, 7) is 0. The van der Waals surface area contributed by atoms with Gasteiger partial charge in [-0.3, -0.25) is 5.43 Å². The van der Waals surface area contributed by atoms with Crippen LogP contribution in [-0.2, 0) is 0 Å². The molecule has 2 aromatic carbocycles. The van der Waals surface area contributed by atoms with Crippen molar-refractivity contribution in [3.8, 4) is 16.2 Å². The third kappa shape index (κ3) is 3.76. The van der Waals surface area contributed by atoms with E-state index in [4.69, 9.17) is 4.42 Å². The smallest absolute Gasteiger partial charge is 0.345 e. The van der Waals surface area contributed by atoms with Gasteiger partial charge in [0.1, 0.15) is 11.3 Å². The van der Waals surface area contributed by atoms with Crippen molar-refractivity contribution in [2.45, 2.75) is 0 Å². The first-order valence-electron chi connectivity index (χ1n) is 7.87. The third-order valence-corrected chi connectivity index (χ3v) is 5.19. The highest BCUT2D eigenvalue weighted by Gasteiger charge is 2.11. The van der Waals surface area contributed by atoms with E-state index in [0.717, 1.165) is 9.86 Å². The maximum absolute atomic E-state index is 12.3. The Morgan fingerprint density at radius 1 is 1.22 bits per heavy atom. The maximum atomic E-state index is 12.3. The first-order valence-corrected chi connectivity index (χ1v) is 9.48. The summed E-state index contributed by atoms with van der Waals surface area (Å²) in [6.07, 6.45) is 3.09. The van der Waals surface area contributed by atoms with Crippen molar-refractivity contribution in [2.24, 2.45) is 5.10 Å². The minimum atomic E-state index is -0.419. The number of fused-ring (bicyclic) bond motifs is 1. The summed E-state index contributed by atoms with van der Waals surface area (Å²) in [5, 5.41) is 15.1. The molecule has 4 rings (SSSR count). The van der Waals surface area contributed by atoms with E-state index in [-0.39, 0.29) is 5.75 Å². The van der Waals surface area contributed by atoms with E-state index in [9.17, 15) is 9.90 Å². The zero-order valence-corrected chi connectivity index (χ0v) is 16.1. The van der Waals surface area contributed by atoms with Gasteiger partial charge >= 0.3 is 5.63 Å². The number of nitrogens with zero attached hydrogens (tertiary/aromatic N) is 2. The van der Waals surface area contributed by atoms with Gasteiger partial charge in [0, 0.05) is 21.6 Å². The minimum Gasteiger partial charge on any atom is -0.507 e. The second kappa shape index (κ2) is 7.34. The fourth-order valence-electron chi connectivity index (χ4n) is 2.47. The van der Waals surface area contributed by atoms with Crippen molar-refractivity contribution in [1.29, 1.82) is 0 Å². The molecular formula is C19H12BrN3O3S. The molecule has 0 spiro atoms. The van der Waals surface area contributed by atoms with Crippen LogP contribution in [0.3, 0.4) is 0 Å². The number of thiazole rings is 1. The molecule has 2 aromatic heterocycles. The van der Waals surface area contributed by atoms with Crippen molar-refractivity contribution < 1.29 is 9.52 Å². The summed E-state index contributed by atoms with van der Waals surface area (Å²) >= 11 is 4.70. The number of nitrogens with one attached hydrogen (secondary N) is 1. The van der Waals surface area contributed by atoms with Gasteiger partial charge < -0.3 is 9.52 Å². The lowest BCUT2D eigenvalue weighted by atomic mass is 10.2. The zero-order valence-electron chi connectivity index (χ0n) is 13.7. The van der Waals surface area contributed by atoms with Gasteiger partial charge in [-0.05, 0) is 36.4 Å². The van der Waals surface area contributed by atoms with Crippen LogP contribution in [0.4, 0.5) is 5.13 Å². The van der Waals surface area contributed by atoms with Crippen LogP contribution < -0.4 is 11.1 Å². The lowest BCUT2D eigenvalue weighted by molar-refractivity contribution is 0.474. The molecule has 134 valence electrons. The molecule has 0 atom stereocenters. The maximum Gasteiger partial charge on any atom is 0.345 e. The fraction of sp³-hybridized carbons (Fsp3) is 0. The van der Waals surface area contributed by atoms with Crippen molar-refractivity contribution in [3.63, 3.8) is 0 Å². The van der Waals surface area contributed by atoms with Crippen LogP contribution in [-0.4, -0.2) is 16.3 Å². The van der Waals surface area contributed by atoms with Gasteiger partial charge in [-0.2, -0.15) is 5.10 Å². The predicted molar refractivity (Wildman–Crippen MR) is 111 cm³/mol. The Balaban J connectivity index is 1.59. The number of para-hydroxylation sites is 1. The van der Waals surface area contributed by atoms with Crippen molar-refractivity contribution in [3.05, 3.63) is 75.2 Å². The molecule has 0 unspecified atom stereocenters. The largest absolute Gasteiger partial charge is 0.507 e. The van der Waals surface area contributed by atoms with Crippen LogP contribution >= 0.6 is 27.3 Å². The van der Waals surface area contributed by atoms with Crippen LogP contribution in [0.5, 0.6) is 5.75 Å². The Hall–Kier alpha value is -2.97. The summed E-state index contributed by atoms with van der Waals surface area (Å²) in [4.78, 5) is 17.2. The summed E-state index contributed by atoms with van der Waals surface area (Å²) in [5.41, 5.74) is 3.94. The number of aromatic nitrogens is 1. The molecule has 27 heavy (non-hydrogen) atoms. The molecule has 2 heterocycles. The number of hydrogen-bond acceptors (Lipinski definition) is 7.